The van der Waals surface area contributed by atoms with Crippen molar-refractivity contribution in [3.05, 3.63) is 30.1 Å². The van der Waals surface area contributed by atoms with E-state index in [9.17, 15) is 0 Å². The van der Waals surface area contributed by atoms with Gasteiger partial charge >= 0.3 is 0 Å². The van der Waals surface area contributed by atoms with Crippen LogP contribution in [-0.2, 0) is 0 Å². The van der Waals surface area contributed by atoms with Gasteiger partial charge in [0.1, 0.15) is 0 Å². The molecule has 1 rings (SSSR count). The number of hydrogen-bond donors (Lipinski definition) is 0. The average molecular weight is 148 g/mol. The molecule has 0 amide bonds. The summed E-state index contributed by atoms with van der Waals surface area (Å²) in [6, 6.07) is 0. The predicted molar refractivity (Wildman–Crippen MR) is 48.2 cm³/mol. The van der Waals surface area contributed by atoms with Gasteiger partial charge in [-0.25, -0.2) is 4.68 Å². The van der Waals surface area contributed by atoms with Crippen LogP contribution in [0.5, 0.6) is 0 Å². The van der Waals surface area contributed by atoms with Gasteiger partial charge in [0.25, 0.3) is 0 Å². The highest BCUT2D eigenvalue weighted by Gasteiger charge is 2.04. The van der Waals surface area contributed by atoms with Crippen LogP contribution >= 0.6 is 0 Å². The van der Waals surface area contributed by atoms with Crippen molar-refractivity contribution in [3.63, 3.8) is 0 Å². The van der Waals surface area contributed by atoms with Crippen molar-refractivity contribution in [2.75, 3.05) is 0 Å². The Hall–Kier alpha value is -1.31. The zero-order valence-electron chi connectivity index (χ0n) is 6.96. The van der Waals surface area contributed by atoms with Gasteiger partial charge in [0.05, 0.1) is 11.4 Å². The number of hydrogen-bond acceptors (Lipinski definition) is 1. The van der Waals surface area contributed by atoms with Crippen molar-refractivity contribution in [3.8, 4) is 0 Å². The topological polar surface area (TPSA) is 17.8 Å². The summed E-state index contributed by atoms with van der Waals surface area (Å²) in [4.78, 5) is 0. The lowest BCUT2D eigenvalue weighted by molar-refractivity contribution is 0.905. The summed E-state index contributed by atoms with van der Waals surface area (Å²) in [5.74, 6) is 0. The van der Waals surface area contributed by atoms with Crippen molar-refractivity contribution >= 4 is 12.3 Å². The lowest BCUT2D eigenvalue weighted by atomic mass is 10.2. The van der Waals surface area contributed by atoms with E-state index in [-0.39, 0.29) is 0 Å². The van der Waals surface area contributed by atoms with E-state index in [2.05, 4.69) is 18.3 Å². The number of nitrogens with zero attached hydrogens (tertiary/aromatic N) is 2. The Balaban J connectivity index is 3.37. The summed E-state index contributed by atoms with van der Waals surface area (Å²) in [6.45, 7) is 11.4. The Bertz CT molecular complexity index is 295. The molecule has 0 N–H and O–H groups in total. The minimum atomic E-state index is 1.03. The van der Waals surface area contributed by atoms with Crippen LogP contribution < -0.4 is 0 Å². The lowest BCUT2D eigenvalue weighted by Gasteiger charge is -1.94. The highest BCUT2D eigenvalue weighted by molar-refractivity contribution is 5.51. The molecule has 0 saturated heterocycles. The first kappa shape index (κ1) is 7.79. The molecule has 0 aliphatic heterocycles. The summed E-state index contributed by atoms with van der Waals surface area (Å²) >= 11 is 0. The van der Waals surface area contributed by atoms with Crippen LogP contribution in [0.1, 0.15) is 17.0 Å². The molecule has 1 heterocycles. The van der Waals surface area contributed by atoms with Crippen molar-refractivity contribution < 1.29 is 0 Å². The molecule has 0 aliphatic carbocycles. The van der Waals surface area contributed by atoms with Gasteiger partial charge in [-0.15, -0.1) is 0 Å². The van der Waals surface area contributed by atoms with Crippen molar-refractivity contribution in [2.45, 2.75) is 13.8 Å². The maximum Gasteiger partial charge on any atom is 0.0687 e. The number of rotatable bonds is 2. The van der Waals surface area contributed by atoms with Gasteiger partial charge in [-0.05, 0) is 25.5 Å². The molecular weight excluding hydrogens is 136 g/mol. The first-order valence-corrected chi connectivity index (χ1v) is 3.51. The Morgan fingerprint density at radius 1 is 1.36 bits per heavy atom. The van der Waals surface area contributed by atoms with E-state index in [0.29, 0.717) is 0 Å². The molecule has 1 aromatic rings. The minimum Gasteiger partial charge on any atom is -0.241 e. The van der Waals surface area contributed by atoms with E-state index >= 15 is 0 Å². The molecule has 0 spiro atoms. The quantitative estimate of drug-likeness (QED) is 0.629. The first-order chi connectivity index (χ1) is 5.20. The van der Waals surface area contributed by atoms with Crippen LogP contribution in [0.15, 0.2) is 13.2 Å². The maximum absolute atomic E-state index is 4.23. The summed E-state index contributed by atoms with van der Waals surface area (Å²) in [6.07, 6.45) is 3.47. The highest BCUT2D eigenvalue weighted by Crippen LogP contribution is 2.13. The Kier molecular flexibility index (Phi) is 1.94. The molecule has 58 valence electrons. The van der Waals surface area contributed by atoms with Gasteiger partial charge in [-0.1, -0.05) is 13.2 Å². The molecule has 11 heavy (non-hydrogen) atoms. The second kappa shape index (κ2) is 2.74. The van der Waals surface area contributed by atoms with Gasteiger partial charge in [0.15, 0.2) is 0 Å². The minimum absolute atomic E-state index is 1.03. The predicted octanol–water partition coefficient (Wildman–Crippen LogP) is 2.24. The summed E-state index contributed by atoms with van der Waals surface area (Å²) < 4.78 is 1.73. The van der Waals surface area contributed by atoms with Gasteiger partial charge in [0, 0.05) is 6.20 Å². The zero-order valence-corrected chi connectivity index (χ0v) is 6.96. The summed E-state index contributed by atoms with van der Waals surface area (Å²) in [7, 11) is 0. The molecule has 1 aromatic heterocycles. The van der Waals surface area contributed by atoms with Crippen molar-refractivity contribution in [1.29, 1.82) is 0 Å². The van der Waals surface area contributed by atoms with Crippen LogP contribution in [-0.4, -0.2) is 9.78 Å². The Labute approximate surface area is 66.8 Å². The van der Waals surface area contributed by atoms with Gasteiger partial charge < -0.3 is 0 Å². The Morgan fingerprint density at radius 2 is 2.00 bits per heavy atom. The van der Waals surface area contributed by atoms with E-state index in [1.807, 2.05) is 13.8 Å². The third kappa shape index (κ3) is 1.11. The van der Waals surface area contributed by atoms with E-state index in [4.69, 9.17) is 0 Å². The van der Waals surface area contributed by atoms with E-state index < -0.39 is 0 Å². The summed E-state index contributed by atoms with van der Waals surface area (Å²) in [5.41, 5.74) is 3.22. The maximum atomic E-state index is 4.23. The third-order valence-corrected chi connectivity index (χ3v) is 1.80. The second-order valence-corrected chi connectivity index (χ2v) is 2.43. The highest BCUT2D eigenvalue weighted by atomic mass is 15.3. The molecule has 0 fully saturated rings. The average Bonchev–Trinajstić information content (AvgIpc) is 2.28. The van der Waals surface area contributed by atoms with Crippen LogP contribution in [0.2, 0.25) is 0 Å². The second-order valence-electron chi connectivity index (χ2n) is 2.43. The first-order valence-electron chi connectivity index (χ1n) is 3.51. The van der Waals surface area contributed by atoms with Crippen molar-refractivity contribution in [1.82, 2.24) is 9.78 Å². The van der Waals surface area contributed by atoms with E-state index in [0.717, 1.165) is 11.4 Å². The molecule has 0 aromatic carbocycles. The van der Waals surface area contributed by atoms with Gasteiger partial charge in [-0.3, -0.25) is 0 Å². The normalized spacial score (nSPS) is 9.64. The van der Waals surface area contributed by atoms with Crippen LogP contribution in [0, 0.1) is 13.8 Å². The third-order valence-electron chi connectivity index (χ3n) is 1.80. The molecule has 2 nitrogen and oxygen atoms in total. The molecule has 0 saturated carbocycles. The van der Waals surface area contributed by atoms with Gasteiger partial charge in [-0.2, -0.15) is 5.10 Å². The largest absolute Gasteiger partial charge is 0.241 e. The fraction of sp³-hybridized carbons (Fsp3) is 0.222. The molecule has 0 bridgehead atoms. The van der Waals surface area contributed by atoms with Crippen LogP contribution in [0.4, 0.5) is 0 Å². The van der Waals surface area contributed by atoms with E-state index in [1.165, 1.54) is 5.56 Å². The van der Waals surface area contributed by atoms with E-state index in [1.54, 1.807) is 17.0 Å². The molecular formula is C9H12N2. The molecule has 0 aliphatic rings. The monoisotopic (exact) mass is 148 g/mol. The zero-order chi connectivity index (χ0) is 8.43. The number of aromatic nitrogens is 2. The van der Waals surface area contributed by atoms with Gasteiger partial charge in [0.2, 0.25) is 0 Å². The SMILES string of the molecule is C=Cc1c(C)c(C)nn1C=C. The molecule has 0 unspecified atom stereocenters. The lowest BCUT2D eigenvalue weighted by Crippen LogP contribution is -1.90. The standard InChI is InChI=1S/C9H12N2/c1-5-9-7(3)8(4)10-11(9)6-2/h5-6H,1-2H2,3-4H3. The smallest absolute Gasteiger partial charge is 0.0687 e. The summed E-state index contributed by atoms with van der Waals surface area (Å²) in [5, 5.41) is 4.23. The molecule has 2 heteroatoms. The Morgan fingerprint density at radius 3 is 2.36 bits per heavy atom. The van der Waals surface area contributed by atoms with Crippen LogP contribution in [0.25, 0.3) is 12.3 Å². The number of aryl methyl sites for hydroxylation is 1. The molecule has 0 atom stereocenters. The van der Waals surface area contributed by atoms with Crippen LogP contribution in [0.3, 0.4) is 0 Å². The molecule has 0 radical (unpaired) electrons. The fourth-order valence-corrected chi connectivity index (χ4v) is 1.03. The van der Waals surface area contributed by atoms with Crippen molar-refractivity contribution in [2.24, 2.45) is 0 Å². The fourth-order valence-electron chi connectivity index (χ4n) is 1.03.